The first kappa shape index (κ1) is 25.7. The number of rotatable bonds is 5. The van der Waals surface area contributed by atoms with Crippen LogP contribution in [0, 0.1) is 11.7 Å². The summed E-state index contributed by atoms with van der Waals surface area (Å²) in [5, 5.41) is 16.9. The van der Waals surface area contributed by atoms with E-state index in [0.29, 0.717) is 52.1 Å². The van der Waals surface area contributed by atoms with Gasteiger partial charge in [0.25, 0.3) is 5.91 Å². The number of aliphatic hydroxyl groups is 1. The number of likely N-dealkylation sites (tertiary alicyclic amines) is 3. The molecular weight excluding hydrogens is 486 g/mol. The molecule has 13 heteroatoms. The van der Waals surface area contributed by atoms with Crippen molar-refractivity contribution in [2.75, 3.05) is 51.5 Å². The Hall–Kier alpha value is -2.90. The van der Waals surface area contributed by atoms with Crippen LogP contribution in [-0.2, 0) is 4.79 Å². The van der Waals surface area contributed by atoms with Crippen LogP contribution >= 0.6 is 0 Å². The van der Waals surface area contributed by atoms with Gasteiger partial charge in [0, 0.05) is 19.0 Å². The third kappa shape index (κ3) is 4.99. The van der Waals surface area contributed by atoms with Crippen LogP contribution in [0.2, 0.25) is 0 Å². The van der Waals surface area contributed by atoms with Gasteiger partial charge in [-0.05, 0) is 39.4 Å². The molecule has 0 aromatic carbocycles. The lowest BCUT2D eigenvalue weighted by Crippen LogP contribution is -2.67. The second kappa shape index (κ2) is 9.76. The molecule has 3 aliphatic rings. The first-order valence-corrected chi connectivity index (χ1v) is 12.8. The van der Waals surface area contributed by atoms with Gasteiger partial charge in [0.15, 0.2) is 17.3 Å². The number of nitrogens with two attached hydrogens (primary N) is 1. The van der Waals surface area contributed by atoms with E-state index in [0.717, 1.165) is 16.9 Å². The zero-order valence-electron chi connectivity index (χ0n) is 21.1. The van der Waals surface area contributed by atoms with Crippen LogP contribution in [0.3, 0.4) is 0 Å². The number of carbonyl (C=O) groups excluding carboxylic acids is 2. The summed E-state index contributed by atoms with van der Waals surface area (Å²) < 4.78 is 30.3. The summed E-state index contributed by atoms with van der Waals surface area (Å²) in [5.41, 5.74) is 5.30. The first-order chi connectivity index (χ1) is 17.6. The van der Waals surface area contributed by atoms with Gasteiger partial charge in [-0.1, -0.05) is 6.92 Å². The van der Waals surface area contributed by atoms with Gasteiger partial charge in [-0.15, -0.1) is 5.10 Å². The Kier molecular flexibility index (Phi) is 6.79. The fourth-order valence-electron chi connectivity index (χ4n) is 5.96. The van der Waals surface area contributed by atoms with Gasteiger partial charge in [-0.2, -0.15) is 0 Å². The number of piperidine rings is 2. The number of nitrogens with one attached hydrogen (secondary N) is 1. The number of β-amino-alcohol motifs (C(OH)–C–C–N with tert-alkyl or cyclic N) is 1. The summed E-state index contributed by atoms with van der Waals surface area (Å²) in [5.74, 6) is -1.35. The molecule has 5 heterocycles. The number of amides is 2. The molecule has 37 heavy (non-hydrogen) atoms. The quantitative estimate of drug-likeness (QED) is 0.498. The fourth-order valence-corrected chi connectivity index (χ4v) is 5.96. The second-order valence-corrected chi connectivity index (χ2v) is 10.7. The highest BCUT2D eigenvalue weighted by Gasteiger charge is 2.45. The number of nitrogens with zero attached hydrogens (tertiary/aromatic N) is 6. The third-order valence-corrected chi connectivity index (χ3v) is 7.80. The molecule has 0 aliphatic carbocycles. The topological polar surface area (TPSA) is 132 Å². The molecule has 202 valence electrons. The van der Waals surface area contributed by atoms with Crippen molar-refractivity contribution < 1.29 is 23.5 Å². The Labute approximate surface area is 213 Å². The maximum absolute atomic E-state index is 15.6. The minimum absolute atomic E-state index is 0.0255. The van der Waals surface area contributed by atoms with Crippen molar-refractivity contribution in [1.29, 1.82) is 0 Å². The van der Waals surface area contributed by atoms with Crippen LogP contribution in [-0.4, -0.2) is 116 Å². The number of nitrogen functional groups attached to an aromatic ring is 1. The lowest BCUT2D eigenvalue weighted by molar-refractivity contribution is -0.158. The highest BCUT2D eigenvalue weighted by atomic mass is 19.1. The molecule has 3 atom stereocenters. The summed E-state index contributed by atoms with van der Waals surface area (Å²) in [4.78, 5) is 35.8. The summed E-state index contributed by atoms with van der Waals surface area (Å²) >= 11 is 0. The number of alkyl halides is 1. The van der Waals surface area contributed by atoms with E-state index in [9.17, 15) is 19.1 Å². The normalized spacial score (nSPS) is 27.3. The van der Waals surface area contributed by atoms with E-state index in [1.807, 2.05) is 16.7 Å². The van der Waals surface area contributed by atoms with Crippen molar-refractivity contribution in [3.8, 4) is 0 Å². The summed E-state index contributed by atoms with van der Waals surface area (Å²) in [6.45, 7) is 6.76. The van der Waals surface area contributed by atoms with Crippen molar-refractivity contribution >= 4 is 23.3 Å². The van der Waals surface area contributed by atoms with E-state index in [4.69, 9.17) is 5.73 Å². The highest BCUT2D eigenvalue weighted by molar-refractivity contribution is 6.04. The van der Waals surface area contributed by atoms with Crippen LogP contribution in [0.15, 0.2) is 12.4 Å². The van der Waals surface area contributed by atoms with Crippen molar-refractivity contribution in [2.24, 2.45) is 5.92 Å². The molecule has 0 bridgehead atoms. The van der Waals surface area contributed by atoms with Crippen molar-refractivity contribution in [1.82, 2.24) is 34.6 Å². The molecule has 2 aromatic rings. The average molecular weight is 521 g/mol. The Morgan fingerprint density at radius 1 is 1.27 bits per heavy atom. The largest absolute Gasteiger partial charge is 0.386 e. The molecule has 3 aliphatic heterocycles. The van der Waals surface area contributed by atoms with Crippen molar-refractivity contribution in [3.63, 3.8) is 0 Å². The number of fused-ring (bicyclic) bond motifs is 1. The summed E-state index contributed by atoms with van der Waals surface area (Å²) in [6.07, 6.45) is 2.05. The molecular formula is C24H34F2N8O3. The molecule has 3 unspecified atom stereocenters. The van der Waals surface area contributed by atoms with Crippen LogP contribution in [0.1, 0.15) is 37.0 Å². The molecule has 3 saturated heterocycles. The van der Waals surface area contributed by atoms with Crippen LogP contribution < -0.4 is 11.1 Å². The molecule has 2 aromatic heterocycles. The van der Waals surface area contributed by atoms with Crippen molar-refractivity contribution in [3.05, 3.63) is 23.8 Å². The van der Waals surface area contributed by atoms with Gasteiger partial charge in [0.1, 0.15) is 11.7 Å². The van der Waals surface area contributed by atoms with E-state index >= 15 is 4.39 Å². The Bertz CT molecular complexity index is 1170. The number of hydrogen-bond acceptors (Lipinski definition) is 8. The zero-order chi connectivity index (χ0) is 26.5. The SMILES string of the molecule is CCN1CC(F)C(N2CCC(C(=O)N3CC(C)(O)C3)CC2)C(NC(=O)c2c(N)nn3cc(F)cnc23)C1. The number of hydrogen-bond donors (Lipinski definition) is 3. The molecule has 4 N–H and O–H groups in total. The lowest BCUT2D eigenvalue weighted by Gasteiger charge is -2.49. The van der Waals surface area contributed by atoms with E-state index < -0.39 is 35.6 Å². The standard InChI is InChI=1S/C24H34F2N8O3/c1-3-31-10-16(26)19(32-6-4-14(5-7-32)23(36)33-12-24(2,37)13-33)17(11-31)29-22(35)18-20(27)30-34-9-15(25)8-28-21(18)34/h8-9,14,16-17,19,37H,3-7,10-13H2,1-2H3,(H2,27,30)(H,29,35). The monoisotopic (exact) mass is 520 g/mol. The van der Waals surface area contributed by atoms with E-state index in [1.165, 1.54) is 0 Å². The molecule has 5 rings (SSSR count). The van der Waals surface area contributed by atoms with Gasteiger partial charge >= 0.3 is 0 Å². The molecule has 0 radical (unpaired) electrons. The van der Waals surface area contributed by atoms with Gasteiger partial charge in [0.05, 0.1) is 43.2 Å². The van der Waals surface area contributed by atoms with Gasteiger partial charge < -0.3 is 21.1 Å². The summed E-state index contributed by atoms with van der Waals surface area (Å²) in [6, 6.07) is -1.11. The number of carbonyl (C=O) groups is 2. The fraction of sp³-hybridized carbons (Fsp3) is 0.667. The molecule has 2 amide bonds. The third-order valence-electron chi connectivity index (χ3n) is 7.80. The number of anilines is 1. The highest BCUT2D eigenvalue weighted by Crippen LogP contribution is 2.30. The average Bonchev–Trinajstić information content (AvgIpc) is 3.16. The predicted octanol–water partition coefficient (Wildman–Crippen LogP) is -0.104. The van der Waals surface area contributed by atoms with E-state index in [2.05, 4.69) is 15.4 Å². The maximum atomic E-state index is 15.6. The minimum atomic E-state index is -1.20. The van der Waals surface area contributed by atoms with Gasteiger partial charge in [-0.25, -0.2) is 18.3 Å². The Morgan fingerprint density at radius 2 is 1.97 bits per heavy atom. The predicted molar refractivity (Wildman–Crippen MR) is 131 cm³/mol. The van der Waals surface area contributed by atoms with Gasteiger partial charge in [0.2, 0.25) is 5.91 Å². The van der Waals surface area contributed by atoms with Crippen molar-refractivity contribution in [2.45, 2.75) is 50.5 Å². The van der Waals surface area contributed by atoms with Crippen LogP contribution in [0.25, 0.3) is 5.65 Å². The first-order valence-electron chi connectivity index (χ1n) is 12.8. The Morgan fingerprint density at radius 3 is 2.62 bits per heavy atom. The molecule has 11 nitrogen and oxygen atoms in total. The van der Waals surface area contributed by atoms with Gasteiger partial charge in [-0.3, -0.25) is 19.4 Å². The van der Waals surface area contributed by atoms with E-state index in [-0.39, 0.29) is 35.4 Å². The maximum Gasteiger partial charge on any atom is 0.259 e. The van der Waals surface area contributed by atoms with Crippen LogP contribution in [0.5, 0.6) is 0 Å². The number of halogens is 2. The summed E-state index contributed by atoms with van der Waals surface area (Å²) in [7, 11) is 0. The smallest absolute Gasteiger partial charge is 0.259 e. The lowest BCUT2D eigenvalue weighted by atomic mass is 9.87. The number of likely N-dealkylation sites (N-methyl/N-ethyl adjacent to an activating group) is 1. The molecule has 0 spiro atoms. The Balaban J connectivity index is 1.30. The molecule has 3 fully saturated rings. The second-order valence-electron chi connectivity index (χ2n) is 10.7. The van der Waals surface area contributed by atoms with Crippen LogP contribution in [0.4, 0.5) is 14.6 Å². The minimum Gasteiger partial charge on any atom is -0.386 e. The zero-order valence-corrected chi connectivity index (χ0v) is 21.1. The molecule has 0 saturated carbocycles. The number of aromatic nitrogens is 3. The van der Waals surface area contributed by atoms with E-state index in [1.54, 1.807) is 11.8 Å².